The molecule has 1 aromatic rings. The van der Waals surface area contributed by atoms with Gasteiger partial charge in [-0.2, -0.15) is 0 Å². The zero-order chi connectivity index (χ0) is 60.5. The summed E-state index contributed by atoms with van der Waals surface area (Å²) in [5, 5.41) is 8.14. The van der Waals surface area contributed by atoms with Crippen LogP contribution in [-0.2, 0) is 78.4 Å². The van der Waals surface area contributed by atoms with Crippen LogP contribution in [0.3, 0.4) is 0 Å². The molecule has 2 heterocycles. The molecule has 11 atom stereocenters. The second-order valence-corrected chi connectivity index (χ2v) is 24.6. The fourth-order valence-corrected chi connectivity index (χ4v) is 12.1. The molecule has 0 radical (unpaired) electrons. The Kier molecular flexibility index (Phi) is 30.2. The van der Waals surface area contributed by atoms with Crippen LogP contribution >= 0.6 is 0 Å². The number of benzene rings is 1. The van der Waals surface area contributed by atoms with Crippen molar-refractivity contribution in [3.8, 4) is 0 Å². The lowest BCUT2D eigenvalue weighted by Gasteiger charge is -2.41. The summed E-state index contributed by atoms with van der Waals surface area (Å²) < 4.78 is 68.0. The Morgan fingerprint density at radius 2 is 1.45 bits per heavy atom. The lowest BCUT2D eigenvalue weighted by atomic mass is 9.89. The number of likely N-dealkylation sites (tertiary alicyclic amines) is 1. The number of carbonyl (C=O) groups excluding carboxylic acids is 6. The smallest absolute Gasteiger partial charge is 0.256 e. The Morgan fingerprint density at radius 3 is 2.05 bits per heavy atom. The van der Waals surface area contributed by atoms with E-state index in [0.29, 0.717) is 104 Å². The van der Waals surface area contributed by atoms with Crippen molar-refractivity contribution in [1.82, 2.24) is 35.4 Å². The van der Waals surface area contributed by atoms with Gasteiger partial charge >= 0.3 is 0 Å². The normalized spacial score (nSPS) is 20.3. The molecule has 0 bridgehead atoms. The highest BCUT2D eigenvalue weighted by molar-refractivity contribution is 7.90. The molecule has 3 aliphatic rings. The van der Waals surface area contributed by atoms with Crippen molar-refractivity contribution in [3.05, 3.63) is 48.2 Å². The molecule has 6 amide bonds. The molecule has 0 aromatic heterocycles. The highest BCUT2D eigenvalue weighted by Crippen LogP contribution is 2.31. The quantitative estimate of drug-likeness (QED) is 0.0684. The number of nitrogens with zero attached hydrogens (tertiary/aromatic N) is 3. The molecule has 1 saturated carbocycles. The lowest BCUT2D eigenvalue weighted by Crippen LogP contribution is -2.60. The van der Waals surface area contributed by atoms with Crippen LogP contribution in [0, 0.1) is 29.6 Å². The molecule has 4 N–H and O–H groups in total. The van der Waals surface area contributed by atoms with Crippen LogP contribution in [0.15, 0.2) is 42.7 Å². The van der Waals surface area contributed by atoms with Gasteiger partial charge in [-0.15, -0.1) is 0 Å². The first-order valence-corrected chi connectivity index (χ1v) is 31.1. The average molecular weight is 1180 g/mol. The molecule has 22 nitrogen and oxygen atoms in total. The third-order valence-corrected chi connectivity index (χ3v) is 17.5. The predicted octanol–water partition coefficient (Wildman–Crippen LogP) is 3.81. The van der Waals surface area contributed by atoms with Crippen molar-refractivity contribution < 1.29 is 70.3 Å². The van der Waals surface area contributed by atoms with E-state index in [1.54, 1.807) is 54.1 Å². The number of carbonyl (C=O) groups is 6. The fraction of sp³-hybridized carbons (Fsp3) is 0.763. The third kappa shape index (κ3) is 21.7. The number of methoxy groups -OCH3 is 2. The van der Waals surface area contributed by atoms with Gasteiger partial charge in [-0.1, -0.05) is 92.1 Å². The fourth-order valence-electron chi connectivity index (χ4n) is 10.7. The second-order valence-electron chi connectivity index (χ2n) is 22.7. The van der Waals surface area contributed by atoms with Crippen LogP contribution in [0.2, 0.25) is 0 Å². The van der Waals surface area contributed by atoms with Crippen LogP contribution in [-0.4, -0.2) is 207 Å². The third-order valence-electron chi connectivity index (χ3n) is 15.7. The van der Waals surface area contributed by atoms with Crippen LogP contribution in [0.1, 0.15) is 112 Å². The van der Waals surface area contributed by atoms with Gasteiger partial charge in [-0.3, -0.25) is 38.4 Å². The van der Waals surface area contributed by atoms with E-state index >= 15 is 0 Å². The molecule has 1 aliphatic carbocycles. The number of rotatable bonds is 39. The standard InChI is InChI=1S/C59H99N7O15S/c1-13-28-80-50-37-44(24-29-81-50)56(69)60-25-30-77-32-34-79-35-33-78-31-27-64(9)52(40(5)6)58(71)62-51(39(3)4)59(72)65(10)53(41(7)14-2)48(75-11)38-49(67)66-26-18-21-47(66)54(76-12)42(8)55(68)61-46(36-43-19-16-15-17-20-43)57(70)63-82(73,74)45-22-23-45/h15-17,19-20,24,29,39-42,44-48,50-54H,13-14,18,21-23,25-28,30-38H2,1-12H3,(H,60,69)(H,61,68)(H,62,71)(H,63,70)/t41-,42+,44?,46-,47-,48+,50?,51-,52-,53-,54+/m0/s1. The van der Waals surface area contributed by atoms with Crippen molar-refractivity contribution in [3.63, 3.8) is 0 Å². The van der Waals surface area contributed by atoms with Gasteiger partial charge < -0.3 is 58.9 Å². The maximum absolute atomic E-state index is 14.7. The minimum Gasteiger partial charge on any atom is -0.473 e. The summed E-state index contributed by atoms with van der Waals surface area (Å²) in [4.78, 5) is 88.9. The highest BCUT2D eigenvalue weighted by Gasteiger charge is 2.44. The second kappa shape index (κ2) is 35.5. The van der Waals surface area contributed by atoms with E-state index in [9.17, 15) is 37.2 Å². The molecule has 1 aromatic carbocycles. The van der Waals surface area contributed by atoms with Crippen LogP contribution in [0.5, 0.6) is 0 Å². The van der Waals surface area contributed by atoms with Crippen molar-refractivity contribution in [2.75, 3.05) is 94.2 Å². The molecule has 466 valence electrons. The summed E-state index contributed by atoms with van der Waals surface area (Å²) in [6.45, 7) is 19.2. The van der Waals surface area contributed by atoms with E-state index in [-0.39, 0.29) is 60.1 Å². The van der Waals surface area contributed by atoms with Gasteiger partial charge in [0, 0.05) is 53.7 Å². The Balaban J connectivity index is 1.28. The molecule has 2 unspecified atom stereocenters. The first-order valence-electron chi connectivity index (χ1n) is 29.6. The van der Waals surface area contributed by atoms with Gasteiger partial charge in [0.25, 0.3) is 5.91 Å². The number of sulfonamides is 1. The Morgan fingerprint density at radius 1 is 0.793 bits per heavy atom. The van der Waals surface area contributed by atoms with E-state index < -0.39 is 81.7 Å². The van der Waals surface area contributed by atoms with Crippen LogP contribution in [0.4, 0.5) is 0 Å². The Hall–Kier alpha value is -4.75. The topological polar surface area (TPSA) is 259 Å². The van der Waals surface area contributed by atoms with Crippen molar-refractivity contribution in [1.29, 1.82) is 0 Å². The van der Waals surface area contributed by atoms with E-state index in [1.807, 2.05) is 66.5 Å². The Bertz CT molecular complexity index is 2270. The average Bonchev–Trinajstić information content (AvgIpc) is 4.25. The molecule has 2 fully saturated rings. The number of hydrogen-bond acceptors (Lipinski definition) is 16. The van der Waals surface area contributed by atoms with Crippen LogP contribution in [0.25, 0.3) is 0 Å². The van der Waals surface area contributed by atoms with E-state index in [1.165, 1.54) is 20.5 Å². The summed E-state index contributed by atoms with van der Waals surface area (Å²) in [7, 11) is 2.65. The van der Waals surface area contributed by atoms with Gasteiger partial charge in [0.05, 0.1) is 106 Å². The SMILES string of the molecule is CCCOC1CC(C(=O)NCCOCCOCCOCCN(C)[C@H](C(=O)N[C@H](C(=O)N(C)[C@@H]([C@@H](C)CC)[C@@H](CC(=O)N2CCC[C@H]2[C@H](OC)[C@@H](C)C(=O)N[C@@H](Cc2ccccc2)C(=O)NS(=O)(=O)C2CC2)OC)C(C)C)C(C)C)C=CO1. The number of hydrogen-bond donors (Lipinski definition) is 4. The zero-order valence-corrected chi connectivity index (χ0v) is 51.7. The molecule has 1 saturated heterocycles. The summed E-state index contributed by atoms with van der Waals surface area (Å²) >= 11 is 0. The molecule has 82 heavy (non-hydrogen) atoms. The first kappa shape index (κ1) is 69.7. The monoisotopic (exact) mass is 1180 g/mol. The molecule has 2 aliphatic heterocycles. The Labute approximate surface area is 488 Å². The van der Waals surface area contributed by atoms with Crippen molar-refractivity contribution >= 4 is 45.5 Å². The maximum Gasteiger partial charge on any atom is 0.256 e. The largest absolute Gasteiger partial charge is 0.473 e. The number of likely N-dealkylation sites (N-methyl/N-ethyl adjacent to an activating group) is 2. The minimum atomic E-state index is -3.89. The maximum atomic E-state index is 14.7. The van der Waals surface area contributed by atoms with Crippen molar-refractivity contribution in [2.24, 2.45) is 29.6 Å². The highest BCUT2D eigenvalue weighted by atomic mass is 32.2. The first-order chi connectivity index (χ1) is 39.1. The van der Waals surface area contributed by atoms with Gasteiger partial charge in [0.1, 0.15) is 12.1 Å². The summed E-state index contributed by atoms with van der Waals surface area (Å²) in [5.74, 6) is -4.01. The number of amides is 6. The predicted molar refractivity (Wildman–Crippen MR) is 310 cm³/mol. The van der Waals surface area contributed by atoms with E-state index in [4.69, 9.17) is 33.2 Å². The summed E-state index contributed by atoms with van der Waals surface area (Å²) in [6, 6.07) is 5.25. The van der Waals surface area contributed by atoms with Gasteiger partial charge in [-0.25, -0.2) is 8.42 Å². The van der Waals surface area contributed by atoms with Gasteiger partial charge in [0.2, 0.25) is 39.6 Å². The molecule has 0 spiro atoms. The van der Waals surface area contributed by atoms with Gasteiger partial charge in [0.15, 0.2) is 6.29 Å². The number of ether oxygens (including phenoxy) is 7. The molecular formula is C59H99N7O15S. The molecule has 4 rings (SSSR count). The van der Waals surface area contributed by atoms with Crippen molar-refractivity contribution in [2.45, 2.75) is 167 Å². The van der Waals surface area contributed by atoms with Gasteiger partial charge in [-0.05, 0) is 68.5 Å². The number of nitrogens with one attached hydrogen (secondary N) is 4. The minimum absolute atomic E-state index is 0.0531. The van der Waals surface area contributed by atoms with E-state index in [0.717, 1.165) is 12.0 Å². The molecular weight excluding hydrogens is 1080 g/mol. The lowest BCUT2D eigenvalue weighted by molar-refractivity contribution is -0.148. The summed E-state index contributed by atoms with van der Waals surface area (Å²) in [6.07, 6.45) is 5.39. The van der Waals surface area contributed by atoms with E-state index in [2.05, 4.69) is 20.7 Å². The molecule has 23 heteroatoms. The van der Waals surface area contributed by atoms with Crippen LogP contribution < -0.4 is 20.7 Å². The zero-order valence-electron chi connectivity index (χ0n) is 50.9. The summed E-state index contributed by atoms with van der Waals surface area (Å²) in [5.41, 5.74) is 0.727.